The molecular formula is C26H29N5O3. The van der Waals surface area contributed by atoms with Crippen molar-refractivity contribution in [3.05, 3.63) is 58.6 Å². The topological polar surface area (TPSA) is 113 Å². The number of carbonyl (C=O) groups excluding carboxylic acids is 3. The molecule has 1 atom stereocenters. The average Bonchev–Trinajstić information content (AvgIpc) is 3.35. The molecule has 176 valence electrons. The Hall–Kier alpha value is -3.55. The maximum absolute atomic E-state index is 13.1. The molecule has 34 heavy (non-hydrogen) atoms. The molecule has 1 unspecified atom stereocenters. The summed E-state index contributed by atoms with van der Waals surface area (Å²) in [6, 6.07) is 3.85. The van der Waals surface area contributed by atoms with Gasteiger partial charge in [-0.15, -0.1) is 0 Å². The molecule has 8 nitrogen and oxygen atoms in total. The van der Waals surface area contributed by atoms with E-state index in [0.717, 1.165) is 60.9 Å². The number of amides is 3. The summed E-state index contributed by atoms with van der Waals surface area (Å²) in [5, 5.41) is 8.47. The van der Waals surface area contributed by atoms with Gasteiger partial charge in [-0.25, -0.2) is 4.98 Å². The minimum absolute atomic E-state index is 0.0730. The monoisotopic (exact) mass is 459 g/mol. The van der Waals surface area contributed by atoms with E-state index >= 15 is 0 Å². The van der Waals surface area contributed by atoms with Crippen LogP contribution in [0.3, 0.4) is 0 Å². The molecule has 3 aliphatic rings. The summed E-state index contributed by atoms with van der Waals surface area (Å²) in [6.07, 6.45) is 14.9. The third-order valence-corrected chi connectivity index (χ3v) is 6.96. The first-order valence-corrected chi connectivity index (χ1v) is 12.1. The van der Waals surface area contributed by atoms with E-state index in [1.165, 1.54) is 6.20 Å². The van der Waals surface area contributed by atoms with Gasteiger partial charge in [0.2, 0.25) is 11.8 Å². The largest absolute Gasteiger partial charge is 0.355 e. The zero-order chi connectivity index (χ0) is 23.5. The van der Waals surface area contributed by atoms with Gasteiger partial charge in [-0.05, 0) is 48.9 Å². The Morgan fingerprint density at radius 1 is 0.882 bits per heavy atom. The second-order valence-electron chi connectivity index (χ2n) is 9.38. The molecule has 0 saturated carbocycles. The SMILES string of the molecule is O=C1CNC(=O)c2cnc3c(c2)CC2(C3)C(=O)Nc3ncc(cc32)C=CCCCCCCCN1. The van der Waals surface area contributed by atoms with Crippen molar-refractivity contribution in [2.24, 2.45) is 0 Å². The van der Waals surface area contributed by atoms with Gasteiger partial charge >= 0.3 is 0 Å². The molecule has 0 aromatic carbocycles. The highest BCUT2D eigenvalue weighted by atomic mass is 16.2. The smallest absolute Gasteiger partial charge is 0.253 e. The lowest BCUT2D eigenvalue weighted by molar-refractivity contribution is -0.121. The van der Waals surface area contributed by atoms with Gasteiger partial charge in [0.1, 0.15) is 5.82 Å². The van der Waals surface area contributed by atoms with Crippen LogP contribution in [-0.4, -0.2) is 40.8 Å². The van der Waals surface area contributed by atoms with Crippen LogP contribution in [0.2, 0.25) is 0 Å². The Morgan fingerprint density at radius 3 is 2.65 bits per heavy atom. The number of hydrogen-bond acceptors (Lipinski definition) is 5. The van der Waals surface area contributed by atoms with Gasteiger partial charge in [-0.1, -0.05) is 31.4 Å². The molecule has 2 aromatic heterocycles. The average molecular weight is 460 g/mol. The fourth-order valence-electron chi connectivity index (χ4n) is 5.08. The molecule has 5 bridgehead atoms. The predicted octanol–water partition coefficient (Wildman–Crippen LogP) is 2.68. The van der Waals surface area contributed by atoms with Gasteiger partial charge in [0.05, 0.1) is 17.5 Å². The van der Waals surface area contributed by atoms with E-state index in [-0.39, 0.29) is 24.3 Å². The maximum atomic E-state index is 13.1. The molecule has 3 N–H and O–H groups in total. The van der Waals surface area contributed by atoms with Crippen LogP contribution in [0.15, 0.2) is 30.6 Å². The lowest BCUT2D eigenvalue weighted by Gasteiger charge is -2.20. The minimum Gasteiger partial charge on any atom is -0.355 e. The first-order chi connectivity index (χ1) is 16.5. The van der Waals surface area contributed by atoms with Crippen LogP contribution in [0.1, 0.15) is 71.3 Å². The first kappa shape index (κ1) is 22.3. The lowest BCUT2D eigenvalue weighted by Crippen LogP contribution is -2.37. The Bertz CT molecular complexity index is 1180. The summed E-state index contributed by atoms with van der Waals surface area (Å²) >= 11 is 0. The third-order valence-electron chi connectivity index (χ3n) is 6.96. The summed E-state index contributed by atoms with van der Waals surface area (Å²) in [4.78, 5) is 46.8. The van der Waals surface area contributed by atoms with E-state index < -0.39 is 5.41 Å². The van der Waals surface area contributed by atoms with Gasteiger partial charge in [0, 0.05) is 36.6 Å². The van der Waals surface area contributed by atoms with Gasteiger partial charge in [0.25, 0.3) is 5.91 Å². The molecule has 8 heteroatoms. The Labute approximate surface area is 198 Å². The van der Waals surface area contributed by atoms with Gasteiger partial charge in [-0.2, -0.15) is 0 Å². The Morgan fingerprint density at radius 2 is 1.74 bits per heavy atom. The number of fused-ring (bicyclic) bond motifs is 2. The molecular weight excluding hydrogens is 430 g/mol. The molecule has 0 radical (unpaired) electrons. The van der Waals surface area contributed by atoms with Crippen LogP contribution in [-0.2, 0) is 27.8 Å². The summed E-state index contributed by atoms with van der Waals surface area (Å²) in [6.45, 7) is 0.543. The van der Waals surface area contributed by atoms with Gasteiger partial charge < -0.3 is 16.0 Å². The maximum Gasteiger partial charge on any atom is 0.253 e. The molecule has 3 amide bonds. The number of carbonyl (C=O) groups is 3. The van der Waals surface area contributed by atoms with E-state index in [4.69, 9.17) is 0 Å². The minimum atomic E-state index is -0.756. The molecule has 0 saturated heterocycles. The van der Waals surface area contributed by atoms with Crippen molar-refractivity contribution in [1.82, 2.24) is 20.6 Å². The molecule has 2 aliphatic heterocycles. The van der Waals surface area contributed by atoms with Crippen molar-refractivity contribution in [2.45, 2.75) is 56.8 Å². The molecule has 1 spiro atoms. The fraction of sp³-hybridized carbons (Fsp3) is 0.423. The number of anilines is 1. The van der Waals surface area contributed by atoms with E-state index in [1.807, 2.05) is 0 Å². The van der Waals surface area contributed by atoms with Crippen molar-refractivity contribution in [3.8, 4) is 0 Å². The van der Waals surface area contributed by atoms with Crippen molar-refractivity contribution in [3.63, 3.8) is 0 Å². The van der Waals surface area contributed by atoms with Crippen molar-refractivity contribution >= 4 is 29.6 Å². The highest BCUT2D eigenvalue weighted by Crippen LogP contribution is 2.46. The number of nitrogens with one attached hydrogen (secondary N) is 3. The van der Waals surface area contributed by atoms with Gasteiger partial charge in [-0.3, -0.25) is 19.4 Å². The molecule has 1 aliphatic carbocycles. The van der Waals surface area contributed by atoms with E-state index in [2.05, 4.69) is 44.1 Å². The number of nitrogens with zero attached hydrogens (tertiary/aromatic N) is 2. The second kappa shape index (κ2) is 9.37. The predicted molar refractivity (Wildman–Crippen MR) is 128 cm³/mol. The zero-order valence-electron chi connectivity index (χ0n) is 19.2. The molecule has 0 fully saturated rings. The zero-order valence-corrected chi connectivity index (χ0v) is 19.2. The van der Waals surface area contributed by atoms with Crippen molar-refractivity contribution < 1.29 is 14.4 Å². The van der Waals surface area contributed by atoms with Gasteiger partial charge in [0.15, 0.2) is 0 Å². The fourth-order valence-corrected chi connectivity index (χ4v) is 5.08. The summed E-state index contributed by atoms with van der Waals surface area (Å²) in [5.74, 6) is -0.0187. The molecule has 2 aromatic rings. The molecule has 5 rings (SSSR count). The standard InChI is InChI=1S/C26H29N5O3/c32-22-16-30-24(33)19-11-18-12-26(13-21(18)28-15-19)20-10-17(14-29-23(20)31-25(26)34)8-6-4-2-1-3-5-7-9-27-22/h6,8,10-11,14-15H,1-5,7,9,12-13,16H2,(H,27,32)(H,30,33)(H,29,31,34). The van der Waals surface area contributed by atoms with Crippen LogP contribution in [0.25, 0.3) is 6.08 Å². The van der Waals surface area contributed by atoms with Crippen molar-refractivity contribution in [2.75, 3.05) is 18.4 Å². The van der Waals surface area contributed by atoms with E-state index in [0.29, 0.717) is 30.8 Å². The second-order valence-corrected chi connectivity index (χ2v) is 9.38. The molecule has 4 heterocycles. The van der Waals surface area contributed by atoms with Crippen LogP contribution < -0.4 is 16.0 Å². The summed E-state index contributed by atoms with van der Waals surface area (Å²) in [7, 11) is 0. The summed E-state index contributed by atoms with van der Waals surface area (Å²) < 4.78 is 0. The van der Waals surface area contributed by atoms with Crippen LogP contribution in [0.5, 0.6) is 0 Å². The summed E-state index contributed by atoms with van der Waals surface area (Å²) in [5.41, 5.74) is 3.20. The lowest BCUT2D eigenvalue weighted by atomic mass is 9.79. The number of hydrogen-bond donors (Lipinski definition) is 3. The Kier molecular flexibility index (Phi) is 6.13. The Balaban J connectivity index is 1.43. The van der Waals surface area contributed by atoms with Crippen LogP contribution >= 0.6 is 0 Å². The number of rotatable bonds is 0. The first-order valence-electron chi connectivity index (χ1n) is 12.1. The highest BCUT2D eigenvalue weighted by Gasteiger charge is 2.51. The number of allylic oxidation sites excluding steroid dienone is 1. The third kappa shape index (κ3) is 4.32. The number of pyridine rings is 2. The van der Waals surface area contributed by atoms with E-state index in [9.17, 15) is 14.4 Å². The normalized spacial score (nSPS) is 23.0. The van der Waals surface area contributed by atoms with Crippen molar-refractivity contribution in [1.29, 1.82) is 0 Å². The van der Waals surface area contributed by atoms with E-state index in [1.54, 1.807) is 12.3 Å². The highest BCUT2D eigenvalue weighted by molar-refractivity contribution is 6.06. The number of aromatic nitrogens is 2. The van der Waals surface area contributed by atoms with Crippen LogP contribution in [0, 0.1) is 0 Å². The van der Waals surface area contributed by atoms with Crippen LogP contribution in [0.4, 0.5) is 5.82 Å². The quantitative estimate of drug-likeness (QED) is 0.561.